The summed E-state index contributed by atoms with van der Waals surface area (Å²) in [6.07, 6.45) is 6.90. The minimum atomic E-state index is 0.0696. The molecule has 1 atom stereocenters. The smallest absolute Gasteiger partial charge is 0.237 e. The SMILES string of the molecule is C[C@@H](c1ccc(C2CCCCC2)cc1)[NH+]1CCN(C(=O)CCl)CC1. The number of nitrogens with one attached hydrogen (secondary N) is 1. The highest BCUT2D eigenvalue weighted by Gasteiger charge is 2.27. The molecular weight excluding hydrogens is 320 g/mol. The van der Waals surface area contributed by atoms with Crippen LogP contribution in [-0.4, -0.2) is 42.9 Å². The van der Waals surface area contributed by atoms with Crippen LogP contribution in [0.2, 0.25) is 0 Å². The molecule has 4 heteroatoms. The van der Waals surface area contributed by atoms with E-state index >= 15 is 0 Å². The van der Waals surface area contributed by atoms with Gasteiger partial charge in [0, 0.05) is 5.56 Å². The number of alkyl halides is 1. The maximum atomic E-state index is 11.7. The molecule has 2 aliphatic rings. The maximum Gasteiger partial charge on any atom is 0.237 e. The maximum absolute atomic E-state index is 11.7. The van der Waals surface area contributed by atoms with Gasteiger partial charge in [-0.25, -0.2) is 0 Å². The lowest BCUT2D eigenvalue weighted by molar-refractivity contribution is -0.933. The first-order valence-electron chi connectivity index (χ1n) is 9.47. The Balaban J connectivity index is 1.57. The zero-order valence-corrected chi connectivity index (χ0v) is 15.5. The molecule has 0 spiro atoms. The van der Waals surface area contributed by atoms with Gasteiger partial charge >= 0.3 is 0 Å². The van der Waals surface area contributed by atoms with E-state index in [1.165, 1.54) is 43.2 Å². The van der Waals surface area contributed by atoms with E-state index in [4.69, 9.17) is 11.6 Å². The van der Waals surface area contributed by atoms with Gasteiger partial charge in [0.25, 0.3) is 0 Å². The summed E-state index contributed by atoms with van der Waals surface area (Å²) in [5.74, 6) is 0.953. The molecule has 1 saturated carbocycles. The first-order valence-corrected chi connectivity index (χ1v) is 10.0. The number of amides is 1. The Kier molecular flexibility index (Phi) is 6.18. The summed E-state index contributed by atoms with van der Waals surface area (Å²) in [6, 6.07) is 9.86. The topological polar surface area (TPSA) is 24.8 Å². The van der Waals surface area contributed by atoms with Gasteiger partial charge in [-0.2, -0.15) is 0 Å². The monoisotopic (exact) mass is 349 g/mol. The predicted molar refractivity (Wildman–Crippen MR) is 98.7 cm³/mol. The summed E-state index contributed by atoms with van der Waals surface area (Å²) in [5.41, 5.74) is 2.94. The van der Waals surface area contributed by atoms with Gasteiger partial charge in [-0.15, -0.1) is 11.6 Å². The highest BCUT2D eigenvalue weighted by Crippen LogP contribution is 2.32. The van der Waals surface area contributed by atoms with Crippen molar-refractivity contribution in [3.8, 4) is 0 Å². The van der Waals surface area contributed by atoms with Crippen LogP contribution in [0.25, 0.3) is 0 Å². The number of nitrogens with zero attached hydrogens (tertiary/aromatic N) is 1. The predicted octanol–water partition coefficient (Wildman–Crippen LogP) is 2.76. The van der Waals surface area contributed by atoms with E-state index in [9.17, 15) is 4.79 Å². The molecule has 24 heavy (non-hydrogen) atoms. The molecule has 0 aromatic heterocycles. The van der Waals surface area contributed by atoms with Gasteiger partial charge in [0.05, 0.1) is 26.2 Å². The Morgan fingerprint density at radius 1 is 1.17 bits per heavy atom. The average molecular weight is 350 g/mol. The lowest BCUT2D eigenvalue weighted by Crippen LogP contribution is -3.14. The van der Waals surface area contributed by atoms with E-state index in [0.29, 0.717) is 6.04 Å². The number of piperazine rings is 1. The molecule has 1 amide bonds. The summed E-state index contributed by atoms with van der Waals surface area (Å²) in [4.78, 5) is 15.2. The normalized spacial score (nSPS) is 21.7. The van der Waals surface area contributed by atoms with Crippen molar-refractivity contribution in [2.75, 3.05) is 32.1 Å². The molecule has 1 N–H and O–H groups in total. The molecule has 3 nitrogen and oxygen atoms in total. The van der Waals surface area contributed by atoms with Gasteiger partial charge in [0.15, 0.2) is 0 Å². The van der Waals surface area contributed by atoms with E-state index in [1.807, 2.05) is 4.90 Å². The second-order valence-electron chi connectivity index (χ2n) is 7.40. The fourth-order valence-electron chi connectivity index (χ4n) is 4.29. The quantitative estimate of drug-likeness (QED) is 0.831. The van der Waals surface area contributed by atoms with Crippen LogP contribution in [0.4, 0.5) is 0 Å². The molecule has 1 saturated heterocycles. The van der Waals surface area contributed by atoms with Crippen molar-refractivity contribution in [3.63, 3.8) is 0 Å². The molecule has 1 aromatic rings. The van der Waals surface area contributed by atoms with Crippen LogP contribution in [0.3, 0.4) is 0 Å². The molecule has 3 rings (SSSR count). The van der Waals surface area contributed by atoms with E-state index in [-0.39, 0.29) is 11.8 Å². The fraction of sp³-hybridized carbons (Fsp3) is 0.650. The molecule has 1 aromatic carbocycles. The van der Waals surface area contributed by atoms with Crippen LogP contribution in [-0.2, 0) is 4.79 Å². The Morgan fingerprint density at radius 2 is 1.79 bits per heavy atom. The lowest BCUT2D eigenvalue weighted by atomic mass is 9.83. The third kappa shape index (κ3) is 4.12. The number of hydrogen-bond donors (Lipinski definition) is 1. The van der Waals surface area contributed by atoms with Crippen LogP contribution in [0.5, 0.6) is 0 Å². The van der Waals surface area contributed by atoms with Crippen molar-refractivity contribution < 1.29 is 9.69 Å². The minimum Gasteiger partial charge on any atom is -0.330 e. The summed E-state index contributed by atoms with van der Waals surface area (Å²) < 4.78 is 0. The Morgan fingerprint density at radius 3 is 2.38 bits per heavy atom. The molecular formula is C20H30ClN2O+. The van der Waals surface area contributed by atoms with Crippen molar-refractivity contribution in [1.29, 1.82) is 0 Å². The second kappa shape index (κ2) is 8.35. The largest absolute Gasteiger partial charge is 0.330 e. The Labute approximate surface area is 151 Å². The van der Waals surface area contributed by atoms with Crippen molar-refractivity contribution >= 4 is 17.5 Å². The lowest BCUT2D eigenvalue weighted by Gasteiger charge is -2.35. The van der Waals surface area contributed by atoms with E-state index in [2.05, 4.69) is 31.2 Å². The molecule has 1 aliphatic carbocycles. The van der Waals surface area contributed by atoms with Crippen molar-refractivity contribution in [3.05, 3.63) is 35.4 Å². The highest BCUT2D eigenvalue weighted by atomic mass is 35.5. The molecule has 0 bridgehead atoms. The van der Waals surface area contributed by atoms with Gasteiger partial charge in [0.2, 0.25) is 5.91 Å². The summed E-state index contributed by atoms with van der Waals surface area (Å²) >= 11 is 5.66. The molecule has 0 radical (unpaired) electrons. The molecule has 1 heterocycles. The molecule has 0 unspecified atom stereocenters. The first-order chi connectivity index (χ1) is 11.7. The third-order valence-electron chi connectivity index (χ3n) is 6.00. The van der Waals surface area contributed by atoms with E-state index in [0.717, 1.165) is 32.1 Å². The average Bonchev–Trinajstić information content (AvgIpc) is 2.68. The van der Waals surface area contributed by atoms with Crippen molar-refractivity contribution in [2.45, 2.75) is 51.0 Å². The van der Waals surface area contributed by atoms with Gasteiger partial charge in [-0.05, 0) is 31.2 Å². The summed E-state index contributed by atoms with van der Waals surface area (Å²) in [7, 11) is 0. The van der Waals surface area contributed by atoms with Gasteiger partial charge in [0.1, 0.15) is 11.9 Å². The summed E-state index contributed by atoms with van der Waals surface area (Å²) in [5, 5.41) is 0. The number of carbonyl (C=O) groups excluding carboxylic acids is 1. The first kappa shape index (κ1) is 17.8. The molecule has 2 fully saturated rings. The molecule has 132 valence electrons. The standard InChI is InChI=1S/C20H29ClN2O/c1-16(22-11-13-23(14-12-22)20(24)15-21)17-7-9-19(10-8-17)18-5-3-2-4-6-18/h7-10,16,18H,2-6,11-15H2,1H3/p+1/t16-/m0/s1. The zero-order valence-electron chi connectivity index (χ0n) is 14.8. The van der Waals surface area contributed by atoms with Crippen molar-refractivity contribution in [2.24, 2.45) is 0 Å². The summed E-state index contributed by atoms with van der Waals surface area (Å²) in [6.45, 7) is 5.98. The minimum absolute atomic E-state index is 0.0696. The van der Waals surface area contributed by atoms with Gasteiger partial charge in [-0.1, -0.05) is 43.5 Å². The van der Waals surface area contributed by atoms with Crippen molar-refractivity contribution in [1.82, 2.24) is 4.90 Å². The third-order valence-corrected chi connectivity index (χ3v) is 6.23. The number of benzene rings is 1. The van der Waals surface area contributed by atoms with Crippen LogP contribution in [0, 0.1) is 0 Å². The molecule has 1 aliphatic heterocycles. The zero-order chi connectivity index (χ0) is 16.9. The van der Waals surface area contributed by atoms with E-state index in [1.54, 1.807) is 4.90 Å². The second-order valence-corrected chi connectivity index (χ2v) is 7.66. The number of rotatable bonds is 4. The Hall–Kier alpha value is -1.06. The number of quaternary nitrogens is 1. The van der Waals surface area contributed by atoms with E-state index < -0.39 is 0 Å². The number of carbonyl (C=O) groups is 1. The van der Waals surface area contributed by atoms with Crippen LogP contribution in [0.15, 0.2) is 24.3 Å². The van der Waals surface area contributed by atoms with Crippen LogP contribution in [0.1, 0.15) is 62.1 Å². The highest BCUT2D eigenvalue weighted by molar-refractivity contribution is 6.27. The fourth-order valence-corrected chi connectivity index (χ4v) is 4.46. The van der Waals surface area contributed by atoms with Gasteiger partial charge in [-0.3, -0.25) is 4.79 Å². The Bertz CT molecular complexity index is 531. The number of halogens is 1. The van der Waals surface area contributed by atoms with Crippen LogP contribution < -0.4 is 4.90 Å². The van der Waals surface area contributed by atoms with Gasteiger partial charge < -0.3 is 9.80 Å². The van der Waals surface area contributed by atoms with Crippen LogP contribution >= 0.6 is 11.6 Å². The number of hydrogen-bond acceptors (Lipinski definition) is 1.